The second kappa shape index (κ2) is 10.4. The highest BCUT2D eigenvalue weighted by atomic mass is 19.4. The number of carboxylic acids is 1. The largest absolute Gasteiger partial charge is 0.497 e. The molecule has 2 aromatic carbocycles. The van der Waals surface area contributed by atoms with Crippen LogP contribution in [0.15, 0.2) is 48.5 Å². The quantitative estimate of drug-likeness (QED) is 0.538. The first-order valence-electron chi connectivity index (χ1n) is 9.06. The van der Waals surface area contributed by atoms with Gasteiger partial charge in [-0.15, -0.1) is 0 Å². The molecule has 0 unspecified atom stereocenters. The Morgan fingerprint density at radius 2 is 1.77 bits per heavy atom. The summed E-state index contributed by atoms with van der Waals surface area (Å²) >= 11 is 0. The smallest absolute Gasteiger partial charge is 0.490 e. The molecule has 1 aromatic heterocycles. The maximum atomic E-state index is 10.6. The Labute approximate surface area is 176 Å². The molecule has 8 nitrogen and oxygen atoms in total. The second-order valence-corrected chi connectivity index (χ2v) is 6.16. The van der Waals surface area contributed by atoms with Crippen LogP contribution >= 0.6 is 0 Å². The molecule has 0 amide bonds. The summed E-state index contributed by atoms with van der Waals surface area (Å²) < 4.78 is 37.0. The van der Waals surface area contributed by atoms with Crippen molar-refractivity contribution in [1.29, 1.82) is 0 Å². The number of ether oxygens (including phenoxy) is 1. The number of rotatable bonds is 6. The standard InChI is InChI=1S/C18H21N5O.C2HF3O2/c1-23(13-7-9-14(24-2)10-8-13)17-15-5-3-4-6-16(15)21-18(22-17)20-12-11-19;3-2(4,5)1(6)7/h3-10H,11-12,19H2,1-2H3,(H,20,21,22);(H,6,7). The minimum atomic E-state index is -5.08. The van der Waals surface area contributed by atoms with Gasteiger partial charge in [-0.1, -0.05) is 12.1 Å². The molecule has 31 heavy (non-hydrogen) atoms. The fraction of sp³-hybridized carbons (Fsp3) is 0.250. The molecular weight excluding hydrogens is 415 g/mol. The number of fused-ring (bicyclic) bond motifs is 1. The minimum Gasteiger partial charge on any atom is -0.497 e. The van der Waals surface area contributed by atoms with Crippen molar-refractivity contribution in [3.05, 3.63) is 48.5 Å². The maximum Gasteiger partial charge on any atom is 0.490 e. The molecule has 0 radical (unpaired) electrons. The maximum absolute atomic E-state index is 10.6. The molecule has 0 saturated heterocycles. The van der Waals surface area contributed by atoms with Crippen LogP contribution in [-0.2, 0) is 4.79 Å². The number of carbonyl (C=O) groups is 1. The van der Waals surface area contributed by atoms with E-state index in [9.17, 15) is 13.2 Å². The summed E-state index contributed by atoms with van der Waals surface area (Å²) in [7, 11) is 3.65. The number of halogens is 3. The van der Waals surface area contributed by atoms with E-state index in [1.807, 2.05) is 60.5 Å². The number of alkyl halides is 3. The lowest BCUT2D eigenvalue weighted by Gasteiger charge is -2.21. The van der Waals surface area contributed by atoms with Gasteiger partial charge >= 0.3 is 12.1 Å². The fourth-order valence-corrected chi connectivity index (χ4v) is 2.51. The van der Waals surface area contributed by atoms with Gasteiger partial charge in [0, 0.05) is 31.2 Å². The molecule has 0 aliphatic carbocycles. The number of nitrogens with zero attached hydrogens (tertiary/aromatic N) is 3. The number of para-hydroxylation sites is 1. The van der Waals surface area contributed by atoms with Crippen molar-refractivity contribution in [2.24, 2.45) is 5.73 Å². The predicted octanol–water partition coefficient (Wildman–Crippen LogP) is 3.41. The lowest BCUT2D eigenvalue weighted by molar-refractivity contribution is -0.192. The van der Waals surface area contributed by atoms with E-state index in [4.69, 9.17) is 20.4 Å². The van der Waals surface area contributed by atoms with E-state index in [2.05, 4.69) is 15.3 Å². The molecule has 0 aliphatic heterocycles. The number of nitrogens with two attached hydrogens (primary N) is 1. The van der Waals surface area contributed by atoms with Crippen molar-refractivity contribution in [3.63, 3.8) is 0 Å². The normalized spacial score (nSPS) is 10.8. The average Bonchev–Trinajstić information content (AvgIpc) is 2.76. The molecule has 0 fully saturated rings. The molecule has 0 atom stereocenters. The Hall–Kier alpha value is -3.60. The minimum absolute atomic E-state index is 0.528. The molecule has 0 saturated carbocycles. The van der Waals surface area contributed by atoms with E-state index in [0.29, 0.717) is 19.0 Å². The molecule has 166 valence electrons. The molecule has 0 spiro atoms. The third kappa shape index (κ3) is 6.44. The van der Waals surface area contributed by atoms with Crippen LogP contribution in [0.1, 0.15) is 0 Å². The number of hydrogen-bond donors (Lipinski definition) is 3. The zero-order valence-corrected chi connectivity index (χ0v) is 16.8. The van der Waals surface area contributed by atoms with Gasteiger partial charge in [0.15, 0.2) is 0 Å². The molecule has 0 aliphatic rings. The number of carboxylic acid groups (broad SMARTS) is 1. The topological polar surface area (TPSA) is 114 Å². The van der Waals surface area contributed by atoms with Crippen molar-refractivity contribution < 1.29 is 27.8 Å². The number of benzene rings is 2. The van der Waals surface area contributed by atoms with Crippen molar-refractivity contribution in [2.75, 3.05) is 37.5 Å². The van der Waals surface area contributed by atoms with Gasteiger partial charge in [-0.05, 0) is 36.4 Å². The SMILES string of the molecule is COc1ccc(N(C)c2nc(NCCN)nc3ccccc23)cc1.O=C(O)C(F)(F)F. The summed E-state index contributed by atoms with van der Waals surface area (Å²) in [5, 5.41) is 11.3. The number of methoxy groups -OCH3 is 1. The van der Waals surface area contributed by atoms with Gasteiger partial charge in [0.2, 0.25) is 5.95 Å². The molecule has 3 aromatic rings. The monoisotopic (exact) mass is 437 g/mol. The third-order valence-corrected chi connectivity index (χ3v) is 4.03. The molecule has 4 N–H and O–H groups in total. The van der Waals surface area contributed by atoms with Crippen molar-refractivity contribution in [2.45, 2.75) is 6.18 Å². The lowest BCUT2D eigenvalue weighted by Crippen LogP contribution is -2.21. The molecule has 3 rings (SSSR count). The van der Waals surface area contributed by atoms with Gasteiger partial charge in [0.1, 0.15) is 11.6 Å². The van der Waals surface area contributed by atoms with Gasteiger partial charge in [0.25, 0.3) is 0 Å². The number of aromatic nitrogens is 2. The molecule has 11 heteroatoms. The third-order valence-electron chi connectivity index (χ3n) is 4.03. The number of aliphatic carboxylic acids is 1. The van der Waals surface area contributed by atoms with Crippen LogP contribution in [0.4, 0.5) is 30.6 Å². The lowest BCUT2D eigenvalue weighted by atomic mass is 10.2. The predicted molar refractivity (Wildman–Crippen MR) is 112 cm³/mol. The zero-order valence-electron chi connectivity index (χ0n) is 16.8. The number of anilines is 3. The van der Waals surface area contributed by atoms with E-state index in [-0.39, 0.29) is 0 Å². The van der Waals surface area contributed by atoms with Crippen LogP contribution in [0.25, 0.3) is 10.9 Å². The first kappa shape index (κ1) is 23.7. The van der Waals surface area contributed by atoms with Gasteiger partial charge in [0.05, 0.1) is 12.6 Å². The Morgan fingerprint density at radius 3 is 2.32 bits per heavy atom. The van der Waals surface area contributed by atoms with E-state index in [1.54, 1.807) is 7.11 Å². The summed E-state index contributed by atoms with van der Waals surface area (Å²) in [6.45, 7) is 1.16. The Morgan fingerprint density at radius 1 is 1.16 bits per heavy atom. The number of hydrogen-bond acceptors (Lipinski definition) is 7. The number of nitrogens with one attached hydrogen (secondary N) is 1. The zero-order chi connectivity index (χ0) is 23.0. The Kier molecular flexibility index (Phi) is 7.97. The van der Waals surface area contributed by atoms with Crippen molar-refractivity contribution >= 4 is 34.3 Å². The van der Waals surface area contributed by atoms with Gasteiger partial charge in [-0.25, -0.2) is 9.78 Å². The van der Waals surface area contributed by atoms with Crippen molar-refractivity contribution in [3.8, 4) is 5.75 Å². The van der Waals surface area contributed by atoms with Crippen LogP contribution in [0, 0.1) is 0 Å². The van der Waals surface area contributed by atoms with Crippen molar-refractivity contribution in [1.82, 2.24) is 9.97 Å². The summed E-state index contributed by atoms with van der Waals surface area (Å²) in [5.74, 6) is -0.516. The van der Waals surface area contributed by atoms with E-state index < -0.39 is 12.1 Å². The van der Waals surface area contributed by atoms with E-state index in [1.165, 1.54) is 0 Å². The van der Waals surface area contributed by atoms with Gasteiger partial charge in [-0.3, -0.25) is 0 Å². The summed E-state index contributed by atoms with van der Waals surface area (Å²) in [6.07, 6.45) is -5.08. The Bertz CT molecular complexity index is 1010. The fourth-order valence-electron chi connectivity index (χ4n) is 2.51. The molecule has 1 heterocycles. The van der Waals surface area contributed by atoms with Crippen LogP contribution in [0.5, 0.6) is 5.75 Å². The highest BCUT2D eigenvalue weighted by Gasteiger charge is 2.38. The highest BCUT2D eigenvalue weighted by molar-refractivity contribution is 5.92. The van der Waals surface area contributed by atoms with Gasteiger partial charge < -0.3 is 25.8 Å². The second-order valence-electron chi connectivity index (χ2n) is 6.16. The summed E-state index contributed by atoms with van der Waals surface area (Å²) in [6, 6.07) is 15.8. The summed E-state index contributed by atoms with van der Waals surface area (Å²) in [5.41, 5.74) is 7.47. The van der Waals surface area contributed by atoms with Crippen LogP contribution in [0.3, 0.4) is 0 Å². The van der Waals surface area contributed by atoms with Crippen LogP contribution in [0.2, 0.25) is 0 Å². The summed E-state index contributed by atoms with van der Waals surface area (Å²) in [4.78, 5) is 20.2. The molecule has 0 bridgehead atoms. The van der Waals surface area contributed by atoms with Crippen LogP contribution in [-0.4, -0.2) is 54.5 Å². The highest BCUT2D eigenvalue weighted by Crippen LogP contribution is 2.30. The first-order chi connectivity index (χ1) is 14.7. The van der Waals surface area contributed by atoms with E-state index >= 15 is 0 Å². The Balaban J connectivity index is 0.000000423. The van der Waals surface area contributed by atoms with Gasteiger partial charge in [-0.2, -0.15) is 18.2 Å². The van der Waals surface area contributed by atoms with E-state index in [0.717, 1.165) is 28.2 Å². The molecular formula is C20H22F3N5O3. The average molecular weight is 437 g/mol. The first-order valence-corrected chi connectivity index (χ1v) is 9.06. The van der Waals surface area contributed by atoms with Crippen LogP contribution < -0.4 is 20.7 Å².